The Bertz CT molecular complexity index is 1040. The van der Waals surface area contributed by atoms with Gasteiger partial charge in [-0.15, -0.1) is 0 Å². The van der Waals surface area contributed by atoms with Crippen LogP contribution in [-0.4, -0.2) is 37.0 Å². The number of benzene rings is 1. The van der Waals surface area contributed by atoms with Crippen LogP contribution in [0.25, 0.3) is 11.2 Å². The van der Waals surface area contributed by atoms with Crippen molar-refractivity contribution in [1.29, 1.82) is 0 Å². The number of unbranched alkanes of at least 4 members (excludes halogenated alkanes) is 1. The molecule has 0 unspecified atom stereocenters. The Morgan fingerprint density at radius 3 is 2.62 bits per heavy atom. The van der Waals surface area contributed by atoms with Crippen LogP contribution in [0, 0.1) is 0 Å². The van der Waals surface area contributed by atoms with Crippen molar-refractivity contribution in [3.63, 3.8) is 0 Å². The average Bonchev–Trinajstić information content (AvgIpc) is 3.00. The SMILES string of the molecule is CCCCOc1nc(N)c2[nH]c(=O)n(Cc3ccc(CC(=O)SCC)cc3)c2n1. The molecular weight excluding hydrogens is 390 g/mol. The quantitative estimate of drug-likeness (QED) is 0.516. The molecule has 0 spiro atoms. The zero-order chi connectivity index (χ0) is 20.8. The zero-order valence-electron chi connectivity index (χ0n) is 16.6. The second-order valence-electron chi connectivity index (χ2n) is 6.61. The van der Waals surface area contributed by atoms with Crippen LogP contribution >= 0.6 is 11.8 Å². The third-order valence-corrected chi connectivity index (χ3v) is 5.13. The molecule has 9 heteroatoms. The number of carbonyl (C=O) groups is 1. The summed E-state index contributed by atoms with van der Waals surface area (Å²) in [6, 6.07) is 7.80. The first-order valence-electron chi connectivity index (χ1n) is 9.64. The number of imidazole rings is 1. The van der Waals surface area contributed by atoms with Crippen LogP contribution in [0.4, 0.5) is 5.82 Å². The number of aromatic nitrogens is 4. The molecule has 29 heavy (non-hydrogen) atoms. The van der Waals surface area contributed by atoms with E-state index in [1.165, 1.54) is 16.3 Å². The van der Waals surface area contributed by atoms with Crippen LogP contribution in [0.3, 0.4) is 0 Å². The molecule has 0 amide bonds. The Morgan fingerprint density at radius 2 is 1.93 bits per heavy atom. The van der Waals surface area contributed by atoms with Crippen molar-refractivity contribution in [1.82, 2.24) is 19.5 Å². The van der Waals surface area contributed by atoms with Gasteiger partial charge in [-0.3, -0.25) is 9.36 Å². The number of aromatic amines is 1. The highest BCUT2D eigenvalue weighted by atomic mass is 32.2. The lowest BCUT2D eigenvalue weighted by Gasteiger charge is -2.07. The van der Waals surface area contributed by atoms with Gasteiger partial charge in [0.05, 0.1) is 13.2 Å². The minimum Gasteiger partial charge on any atom is -0.463 e. The minimum absolute atomic E-state index is 0.149. The number of nitrogens with zero attached hydrogens (tertiary/aromatic N) is 3. The van der Waals surface area contributed by atoms with Crippen LogP contribution in [0.15, 0.2) is 29.1 Å². The summed E-state index contributed by atoms with van der Waals surface area (Å²) < 4.78 is 7.06. The van der Waals surface area contributed by atoms with E-state index in [4.69, 9.17) is 10.5 Å². The van der Waals surface area contributed by atoms with E-state index < -0.39 is 0 Å². The number of nitrogens with one attached hydrogen (secondary N) is 1. The predicted molar refractivity (Wildman–Crippen MR) is 115 cm³/mol. The number of H-pyrrole nitrogens is 1. The number of hydrogen-bond donors (Lipinski definition) is 2. The lowest BCUT2D eigenvalue weighted by atomic mass is 10.1. The molecule has 3 aromatic rings. The summed E-state index contributed by atoms with van der Waals surface area (Å²) in [5, 5.41) is 0.149. The maximum absolute atomic E-state index is 12.4. The Balaban J connectivity index is 1.83. The Labute approximate surface area is 172 Å². The first kappa shape index (κ1) is 20.9. The fourth-order valence-corrected chi connectivity index (χ4v) is 3.46. The lowest BCUT2D eigenvalue weighted by molar-refractivity contribution is -0.110. The number of thioether (sulfide) groups is 1. The molecule has 8 nitrogen and oxygen atoms in total. The summed E-state index contributed by atoms with van der Waals surface area (Å²) in [7, 11) is 0. The molecule has 0 saturated carbocycles. The number of anilines is 1. The molecule has 3 N–H and O–H groups in total. The summed E-state index contributed by atoms with van der Waals surface area (Å²) in [6.07, 6.45) is 2.27. The van der Waals surface area contributed by atoms with Crippen molar-refractivity contribution in [3.05, 3.63) is 45.9 Å². The summed E-state index contributed by atoms with van der Waals surface area (Å²) in [6.45, 7) is 4.84. The summed E-state index contributed by atoms with van der Waals surface area (Å²) in [4.78, 5) is 35.4. The monoisotopic (exact) mass is 415 g/mol. The van der Waals surface area contributed by atoms with Crippen molar-refractivity contribution >= 4 is 33.9 Å². The van der Waals surface area contributed by atoms with E-state index >= 15 is 0 Å². The van der Waals surface area contributed by atoms with Gasteiger partial charge in [-0.25, -0.2) is 4.79 Å². The molecule has 0 radical (unpaired) electrons. The molecule has 0 aliphatic carbocycles. The third-order valence-electron chi connectivity index (χ3n) is 4.38. The fraction of sp³-hybridized carbons (Fsp3) is 0.400. The summed E-state index contributed by atoms with van der Waals surface area (Å²) in [5.74, 6) is 0.954. The number of rotatable bonds is 9. The fourth-order valence-electron chi connectivity index (χ4n) is 2.87. The van der Waals surface area contributed by atoms with Crippen molar-refractivity contribution in [2.24, 2.45) is 0 Å². The highest BCUT2D eigenvalue weighted by Gasteiger charge is 2.15. The molecule has 154 valence electrons. The van der Waals surface area contributed by atoms with E-state index in [0.29, 0.717) is 30.7 Å². The first-order chi connectivity index (χ1) is 14.0. The van der Waals surface area contributed by atoms with E-state index in [1.54, 1.807) is 0 Å². The maximum atomic E-state index is 12.4. The van der Waals surface area contributed by atoms with E-state index in [1.807, 2.05) is 31.2 Å². The van der Waals surface area contributed by atoms with Gasteiger partial charge in [0.2, 0.25) is 0 Å². The van der Waals surface area contributed by atoms with Crippen LogP contribution in [0.5, 0.6) is 6.01 Å². The van der Waals surface area contributed by atoms with E-state index in [9.17, 15) is 9.59 Å². The standard InChI is InChI=1S/C20H25N5O3S/c1-3-5-10-28-19-23-17(21)16-18(24-19)25(20(27)22-16)12-14-8-6-13(7-9-14)11-15(26)29-4-2/h6-9H,3-5,10-12H2,1-2H3,(H,22,27)(H2,21,23,24). The average molecular weight is 416 g/mol. The summed E-state index contributed by atoms with van der Waals surface area (Å²) in [5.41, 5.74) is 8.34. The third kappa shape index (κ3) is 5.17. The molecule has 2 heterocycles. The second-order valence-corrected chi connectivity index (χ2v) is 7.93. The van der Waals surface area contributed by atoms with Gasteiger partial charge < -0.3 is 15.5 Å². The molecule has 1 aromatic carbocycles. The molecule has 0 bridgehead atoms. The topological polar surface area (TPSA) is 116 Å². The number of carbonyl (C=O) groups excluding carboxylic acids is 1. The molecule has 2 aromatic heterocycles. The van der Waals surface area contributed by atoms with E-state index in [0.717, 1.165) is 29.7 Å². The normalized spacial score (nSPS) is 11.1. The van der Waals surface area contributed by atoms with Crippen molar-refractivity contribution < 1.29 is 9.53 Å². The Hall–Kier alpha value is -2.81. The van der Waals surface area contributed by atoms with Gasteiger partial charge in [0.1, 0.15) is 5.52 Å². The van der Waals surface area contributed by atoms with Crippen molar-refractivity contribution in [3.8, 4) is 6.01 Å². The van der Waals surface area contributed by atoms with Gasteiger partial charge in [0, 0.05) is 6.42 Å². The number of fused-ring (bicyclic) bond motifs is 1. The highest BCUT2D eigenvalue weighted by Crippen LogP contribution is 2.19. The number of nitrogen functional groups attached to an aromatic ring is 1. The molecule has 0 fully saturated rings. The molecule has 0 atom stereocenters. The van der Waals surface area contributed by atoms with Crippen LogP contribution < -0.4 is 16.2 Å². The van der Waals surface area contributed by atoms with Crippen molar-refractivity contribution in [2.45, 2.75) is 39.7 Å². The molecule has 0 saturated heterocycles. The predicted octanol–water partition coefficient (Wildman–Crippen LogP) is 2.75. The highest BCUT2D eigenvalue weighted by molar-refractivity contribution is 8.13. The van der Waals surface area contributed by atoms with Crippen molar-refractivity contribution in [2.75, 3.05) is 18.1 Å². The molecule has 0 aliphatic heterocycles. The molecule has 0 aliphatic rings. The molecular formula is C20H25N5O3S. The summed E-state index contributed by atoms with van der Waals surface area (Å²) >= 11 is 1.32. The molecule has 3 rings (SSSR count). The Kier molecular flexibility index (Phi) is 6.92. The second kappa shape index (κ2) is 9.60. The lowest BCUT2D eigenvalue weighted by Crippen LogP contribution is -2.18. The largest absolute Gasteiger partial charge is 0.463 e. The van der Waals surface area contributed by atoms with Gasteiger partial charge in [-0.2, -0.15) is 9.97 Å². The smallest absolute Gasteiger partial charge is 0.328 e. The first-order valence-corrected chi connectivity index (χ1v) is 10.6. The van der Waals surface area contributed by atoms with Crippen LogP contribution in [-0.2, 0) is 17.8 Å². The van der Waals surface area contributed by atoms with E-state index in [-0.39, 0.29) is 22.6 Å². The van der Waals surface area contributed by atoms with Crippen LogP contribution in [0.1, 0.15) is 37.8 Å². The van der Waals surface area contributed by atoms with Gasteiger partial charge >= 0.3 is 11.7 Å². The number of hydrogen-bond acceptors (Lipinski definition) is 7. The number of nitrogens with two attached hydrogens (primary N) is 1. The van der Waals surface area contributed by atoms with Gasteiger partial charge in [0.25, 0.3) is 0 Å². The minimum atomic E-state index is -0.315. The number of ether oxygens (including phenoxy) is 1. The van der Waals surface area contributed by atoms with Gasteiger partial charge in [0.15, 0.2) is 16.6 Å². The maximum Gasteiger partial charge on any atom is 0.328 e. The van der Waals surface area contributed by atoms with Crippen LogP contribution in [0.2, 0.25) is 0 Å². The van der Waals surface area contributed by atoms with Gasteiger partial charge in [-0.1, -0.05) is 56.3 Å². The van der Waals surface area contributed by atoms with Gasteiger partial charge in [-0.05, 0) is 23.3 Å². The van der Waals surface area contributed by atoms with E-state index in [2.05, 4.69) is 21.9 Å². The zero-order valence-corrected chi connectivity index (χ0v) is 17.4. The Morgan fingerprint density at radius 1 is 1.21 bits per heavy atom.